The van der Waals surface area contributed by atoms with Crippen LogP contribution in [0, 0.1) is 15.9 Å². The number of hydrogen-bond acceptors (Lipinski definition) is 4. The fourth-order valence-electron chi connectivity index (χ4n) is 2.42. The number of nitrogens with zero attached hydrogens (tertiary/aromatic N) is 1. The van der Waals surface area contributed by atoms with Crippen molar-refractivity contribution in [2.75, 3.05) is 5.32 Å². The van der Waals surface area contributed by atoms with Crippen LogP contribution in [0.25, 0.3) is 0 Å². The Balaban J connectivity index is 1.78. The third-order valence-corrected chi connectivity index (χ3v) is 4.56. The summed E-state index contributed by atoms with van der Waals surface area (Å²) in [6.45, 7) is 0. The number of hydrogen-bond donors (Lipinski definition) is 2. The van der Waals surface area contributed by atoms with Crippen molar-refractivity contribution in [3.8, 4) is 0 Å². The first-order chi connectivity index (χ1) is 12.5. The van der Waals surface area contributed by atoms with Crippen molar-refractivity contribution in [3.63, 3.8) is 0 Å². The Morgan fingerprint density at radius 2 is 1.88 bits per heavy atom. The van der Waals surface area contributed by atoms with E-state index in [1.54, 1.807) is 18.2 Å². The minimum Gasteiger partial charge on any atom is -0.326 e. The van der Waals surface area contributed by atoms with Gasteiger partial charge in [-0.1, -0.05) is 24.3 Å². The summed E-state index contributed by atoms with van der Waals surface area (Å²) in [5, 5.41) is 18.1. The van der Waals surface area contributed by atoms with Crippen molar-refractivity contribution < 1.29 is 14.1 Å². The summed E-state index contributed by atoms with van der Waals surface area (Å²) in [6.07, 6.45) is 0. The molecule has 1 atom stereocenters. The van der Waals surface area contributed by atoms with Gasteiger partial charge in [0, 0.05) is 22.7 Å². The minimum atomic E-state index is -0.532. The molecule has 6 nitrogen and oxygen atoms in total. The Labute approximate surface area is 152 Å². The first kappa shape index (κ1) is 17.6. The first-order valence-corrected chi connectivity index (χ1v) is 8.52. The molecule has 0 bridgehead atoms. The molecule has 26 heavy (non-hydrogen) atoms. The van der Waals surface area contributed by atoms with Gasteiger partial charge in [-0.05, 0) is 35.2 Å². The number of thiophene rings is 1. The second-order valence-electron chi connectivity index (χ2n) is 5.41. The number of nitrogens with one attached hydrogen (secondary N) is 2. The Bertz CT molecular complexity index is 914. The SMILES string of the molecule is O=C(Nc1cccc([N+](=O)[O-])c1)N[C@@H](c1ccc(F)cc1)c1cccs1. The van der Waals surface area contributed by atoms with Gasteiger partial charge >= 0.3 is 6.03 Å². The van der Waals surface area contributed by atoms with Crippen LogP contribution in [0.4, 0.5) is 20.6 Å². The molecule has 0 aliphatic rings. The monoisotopic (exact) mass is 371 g/mol. The molecule has 8 heteroatoms. The van der Waals surface area contributed by atoms with E-state index in [0.29, 0.717) is 5.69 Å². The average Bonchev–Trinajstić information content (AvgIpc) is 3.15. The minimum absolute atomic E-state index is 0.115. The summed E-state index contributed by atoms with van der Waals surface area (Å²) < 4.78 is 13.2. The van der Waals surface area contributed by atoms with Gasteiger partial charge in [0.25, 0.3) is 5.69 Å². The van der Waals surface area contributed by atoms with Gasteiger partial charge in [-0.3, -0.25) is 10.1 Å². The molecule has 0 fully saturated rings. The number of amides is 2. The number of urea groups is 1. The van der Waals surface area contributed by atoms with Crippen molar-refractivity contribution in [2.45, 2.75) is 6.04 Å². The zero-order valence-corrected chi connectivity index (χ0v) is 14.2. The molecule has 2 amide bonds. The van der Waals surface area contributed by atoms with Crippen LogP contribution in [0.15, 0.2) is 66.0 Å². The van der Waals surface area contributed by atoms with Gasteiger partial charge in [0.05, 0.1) is 11.0 Å². The molecule has 0 saturated heterocycles. The van der Waals surface area contributed by atoms with E-state index in [4.69, 9.17) is 0 Å². The van der Waals surface area contributed by atoms with Crippen molar-refractivity contribution in [2.24, 2.45) is 0 Å². The molecule has 3 aromatic rings. The standard InChI is InChI=1S/C18H14FN3O3S/c19-13-8-6-12(7-9-13)17(16-5-2-10-26-16)21-18(23)20-14-3-1-4-15(11-14)22(24)25/h1-11,17H,(H2,20,21,23)/t17-/m0/s1. The summed E-state index contributed by atoms with van der Waals surface area (Å²) in [5.41, 5.74) is 0.917. The van der Waals surface area contributed by atoms with Crippen molar-refractivity contribution >= 4 is 28.7 Å². The van der Waals surface area contributed by atoms with E-state index >= 15 is 0 Å². The number of rotatable bonds is 5. The third kappa shape index (κ3) is 4.22. The molecule has 1 aromatic heterocycles. The summed E-state index contributed by atoms with van der Waals surface area (Å²) in [4.78, 5) is 23.6. The van der Waals surface area contributed by atoms with Crippen LogP contribution in [-0.4, -0.2) is 11.0 Å². The number of nitro benzene ring substituents is 1. The summed E-state index contributed by atoms with van der Waals surface area (Å²) in [6, 6.07) is 14.3. The van der Waals surface area contributed by atoms with E-state index in [1.807, 2.05) is 17.5 Å². The molecule has 1 heterocycles. The number of non-ortho nitro benzene ring substituents is 1. The molecule has 0 spiro atoms. The summed E-state index contributed by atoms with van der Waals surface area (Å²) in [7, 11) is 0. The number of benzene rings is 2. The number of carbonyl (C=O) groups excluding carboxylic acids is 1. The van der Waals surface area contributed by atoms with Gasteiger partial charge in [-0.2, -0.15) is 0 Å². The zero-order chi connectivity index (χ0) is 18.5. The van der Waals surface area contributed by atoms with Crippen LogP contribution in [0.1, 0.15) is 16.5 Å². The van der Waals surface area contributed by atoms with Gasteiger partial charge in [0.2, 0.25) is 0 Å². The Kier molecular flexibility index (Phi) is 5.23. The zero-order valence-electron chi connectivity index (χ0n) is 13.4. The smallest absolute Gasteiger partial charge is 0.320 e. The maximum atomic E-state index is 13.2. The second kappa shape index (κ2) is 7.75. The molecule has 0 radical (unpaired) electrons. The Morgan fingerprint density at radius 1 is 1.12 bits per heavy atom. The molecule has 0 aliphatic heterocycles. The summed E-state index contributed by atoms with van der Waals surface area (Å²) in [5.74, 6) is -0.361. The van der Waals surface area contributed by atoms with Crippen LogP contribution < -0.4 is 10.6 Å². The lowest BCUT2D eigenvalue weighted by Gasteiger charge is -2.18. The van der Waals surface area contributed by atoms with E-state index in [-0.39, 0.29) is 11.5 Å². The van der Waals surface area contributed by atoms with E-state index in [2.05, 4.69) is 10.6 Å². The molecule has 0 saturated carbocycles. The maximum Gasteiger partial charge on any atom is 0.320 e. The quantitative estimate of drug-likeness (QED) is 0.503. The molecule has 3 rings (SSSR count). The van der Waals surface area contributed by atoms with Crippen LogP contribution in [0.2, 0.25) is 0 Å². The van der Waals surface area contributed by atoms with Crippen molar-refractivity contribution in [1.29, 1.82) is 0 Å². The number of halogens is 1. The second-order valence-corrected chi connectivity index (χ2v) is 6.39. The summed E-state index contributed by atoms with van der Waals surface area (Å²) >= 11 is 1.46. The average molecular weight is 371 g/mol. The fraction of sp³-hybridized carbons (Fsp3) is 0.0556. The predicted octanol–water partition coefficient (Wildman–Crippen LogP) is 4.71. The Morgan fingerprint density at radius 3 is 2.54 bits per heavy atom. The molecule has 2 aromatic carbocycles. The van der Waals surface area contributed by atoms with Crippen molar-refractivity contribution in [1.82, 2.24) is 5.32 Å². The lowest BCUT2D eigenvalue weighted by molar-refractivity contribution is -0.384. The molecule has 0 unspecified atom stereocenters. The molecular formula is C18H14FN3O3S. The fourth-order valence-corrected chi connectivity index (χ4v) is 3.23. The highest BCUT2D eigenvalue weighted by molar-refractivity contribution is 7.10. The van der Waals surface area contributed by atoms with Gasteiger partial charge < -0.3 is 10.6 Å². The van der Waals surface area contributed by atoms with E-state index in [9.17, 15) is 19.3 Å². The Hall–Kier alpha value is -3.26. The van der Waals surface area contributed by atoms with Crippen LogP contribution >= 0.6 is 11.3 Å². The van der Waals surface area contributed by atoms with E-state index in [1.165, 1.54) is 41.7 Å². The van der Waals surface area contributed by atoms with E-state index < -0.39 is 17.0 Å². The normalized spacial score (nSPS) is 11.6. The molecule has 0 aliphatic carbocycles. The molecule has 2 N–H and O–H groups in total. The van der Waals surface area contributed by atoms with Gasteiger partial charge in [-0.15, -0.1) is 11.3 Å². The van der Waals surface area contributed by atoms with Crippen LogP contribution in [-0.2, 0) is 0 Å². The number of carbonyl (C=O) groups is 1. The highest BCUT2D eigenvalue weighted by Crippen LogP contribution is 2.26. The highest BCUT2D eigenvalue weighted by atomic mass is 32.1. The van der Waals surface area contributed by atoms with E-state index in [0.717, 1.165) is 10.4 Å². The van der Waals surface area contributed by atoms with Gasteiger partial charge in [0.1, 0.15) is 5.82 Å². The highest BCUT2D eigenvalue weighted by Gasteiger charge is 2.18. The molecular weight excluding hydrogens is 357 g/mol. The van der Waals surface area contributed by atoms with Crippen LogP contribution in [0.3, 0.4) is 0 Å². The number of nitro groups is 1. The first-order valence-electron chi connectivity index (χ1n) is 7.64. The van der Waals surface area contributed by atoms with Gasteiger partial charge in [0.15, 0.2) is 0 Å². The van der Waals surface area contributed by atoms with Gasteiger partial charge in [-0.25, -0.2) is 9.18 Å². The van der Waals surface area contributed by atoms with Crippen LogP contribution in [0.5, 0.6) is 0 Å². The third-order valence-electron chi connectivity index (χ3n) is 3.62. The molecule has 132 valence electrons. The lowest BCUT2D eigenvalue weighted by atomic mass is 10.1. The van der Waals surface area contributed by atoms with Crippen molar-refractivity contribution in [3.05, 3.63) is 92.4 Å². The topological polar surface area (TPSA) is 84.3 Å². The maximum absolute atomic E-state index is 13.2. The number of anilines is 1. The largest absolute Gasteiger partial charge is 0.326 e. The predicted molar refractivity (Wildman–Crippen MR) is 97.8 cm³/mol. The lowest BCUT2D eigenvalue weighted by Crippen LogP contribution is -2.32.